The number of H-pyrrole nitrogens is 1. The summed E-state index contributed by atoms with van der Waals surface area (Å²) in [6, 6.07) is 9.77. The average molecular weight is 377 g/mol. The number of amides is 2. The Bertz CT molecular complexity index is 1010. The van der Waals surface area contributed by atoms with Crippen molar-refractivity contribution in [1.82, 2.24) is 24.6 Å². The van der Waals surface area contributed by atoms with Crippen LogP contribution in [0.15, 0.2) is 36.5 Å². The average Bonchev–Trinajstić information content (AvgIpc) is 3.37. The monoisotopic (exact) mass is 377 g/mol. The normalized spacial score (nSPS) is 17.0. The van der Waals surface area contributed by atoms with E-state index in [1.54, 1.807) is 6.20 Å². The molecule has 1 aromatic carbocycles. The first-order valence-electron chi connectivity index (χ1n) is 9.92. The van der Waals surface area contributed by atoms with E-state index in [1.807, 2.05) is 44.8 Å². The molecule has 28 heavy (non-hydrogen) atoms. The van der Waals surface area contributed by atoms with Crippen molar-refractivity contribution in [1.29, 1.82) is 0 Å². The van der Waals surface area contributed by atoms with Crippen molar-refractivity contribution in [3.05, 3.63) is 53.5 Å². The number of aromatic nitrogens is 3. The molecule has 7 nitrogen and oxygen atoms in total. The highest BCUT2D eigenvalue weighted by atomic mass is 16.2. The van der Waals surface area contributed by atoms with Crippen LogP contribution in [0.3, 0.4) is 0 Å². The molecular formula is C21H23N5O2. The molecule has 1 N–H and O–H groups in total. The summed E-state index contributed by atoms with van der Waals surface area (Å²) >= 11 is 0. The number of piperazine rings is 1. The van der Waals surface area contributed by atoms with E-state index in [4.69, 9.17) is 0 Å². The summed E-state index contributed by atoms with van der Waals surface area (Å²) in [4.78, 5) is 32.7. The topological polar surface area (TPSA) is 74.2 Å². The summed E-state index contributed by atoms with van der Waals surface area (Å²) in [6.07, 6.45) is 4.86. The fourth-order valence-corrected chi connectivity index (χ4v) is 4.24. The number of hydrogen-bond acceptors (Lipinski definition) is 3. The number of aryl methyl sites for hydroxylation is 1. The third kappa shape index (κ3) is 2.87. The highest BCUT2D eigenvalue weighted by Gasteiger charge is 2.29. The second-order valence-electron chi connectivity index (χ2n) is 7.54. The molecule has 4 heterocycles. The smallest absolute Gasteiger partial charge is 0.270 e. The molecule has 7 heteroatoms. The van der Waals surface area contributed by atoms with Gasteiger partial charge in [-0.05, 0) is 31.4 Å². The number of rotatable bonds is 2. The summed E-state index contributed by atoms with van der Waals surface area (Å²) in [5.41, 5.74) is 3.36. The molecule has 0 saturated carbocycles. The Morgan fingerprint density at radius 1 is 0.929 bits per heavy atom. The maximum Gasteiger partial charge on any atom is 0.270 e. The van der Waals surface area contributed by atoms with Crippen LogP contribution in [0.2, 0.25) is 0 Å². The molecule has 2 aliphatic rings. The lowest BCUT2D eigenvalue weighted by atomic mass is 10.1. The van der Waals surface area contributed by atoms with Gasteiger partial charge >= 0.3 is 0 Å². The molecule has 2 amide bonds. The van der Waals surface area contributed by atoms with Crippen molar-refractivity contribution in [3.63, 3.8) is 0 Å². The summed E-state index contributed by atoms with van der Waals surface area (Å²) in [7, 11) is 0. The Labute approximate surface area is 162 Å². The first-order chi connectivity index (χ1) is 13.7. The Balaban J connectivity index is 1.26. The minimum Gasteiger partial charge on any atom is -0.351 e. The minimum absolute atomic E-state index is 0.00814. The van der Waals surface area contributed by atoms with E-state index in [1.165, 1.54) is 0 Å². The van der Waals surface area contributed by atoms with Gasteiger partial charge in [0, 0.05) is 43.6 Å². The zero-order valence-electron chi connectivity index (χ0n) is 15.7. The second-order valence-corrected chi connectivity index (χ2v) is 7.54. The van der Waals surface area contributed by atoms with Gasteiger partial charge in [-0.2, -0.15) is 5.10 Å². The molecule has 2 aromatic heterocycles. The van der Waals surface area contributed by atoms with Gasteiger partial charge in [0.2, 0.25) is 0 Å². The molecule has 144 valence electrons. The van der Waals surface area contributed by atoms with E-state index in [0.717, 1.165) is 48.0 Å². The number of carbonyl (C=O) groups is 2. The van der Waals surface area contributed by atoms with E-state index < -0.39 is 0 Å². The highest BCUT2D eigenvalue weighted by Crippen LogP contribution is 2.21. The van der Waals surface area contributed by atoms with Crippen LogP contribution in [0.4, 0.5) is 0 Å². The predicted octanol–water partition coefficient (Wildman–Crippen LogP) is 2.30. The van der Waals surface area contributed by atoms with Crippen molar-refractivity contribution >= 4 is 22.7 Å². The lowest BCUT2D eigenvalue weighted by Gasteiger charge is -2.34. The number of para-hydroxylation sites is 1. The second kappa shape index (κ2) is 6.82. The molecule has 0 spiro atoms. The van der Waals surface area contributed by atoms with Gasteiger partial charge in [-0.15, -0.1) is 0 Å². The minimum atomic E-state index is -0.00814. The summed E-state index contributed by atoms with van der Waals surface area (Å²) in [5.74, 6) is 0.0343. The van der Waals surface area contributed by atoms with Crippen LogP contribution < -0.4 is 0 Å². The van der Waals surface area contributed by atoms with Gasteiger partial charge in [0.05, 0.1) is 17.5 Å². The van der Waals surface area contributed by atoms with Crippen molar-refractivity contribution in [2.75, 3.05) is 26.2 Å². The highest BCUT2D eigenvalue weighted by molar-refractivity contribution is 5.98. The largest absolute Gasteiger partial charge is 0.351 e. The Hall–Kier alpha value is -3.09. The van der Waals surface area contributed by atoms with Gasteiger partial charge in [0.25, 0.3) is 11.8 Å². The zero-order valence-corrected chi connectivity index (χ0v) is 15.7. The van der Waals surface area contributed by atoms with Gasteiger partial charge < -0.3 is 14.8 Å². The van der Waals surface area contributed by atoms with Crippen LogP contribution in [0.25, 0.3) is 10.9 Å². The number of nitrogens with one attached hydrogen (secondary N) is 1. The van der Waals surface area contributed by atoms with Crippen LogP contribution in [0, 0.1) is 0 Å². The van der Waals surface area contributed by atoms with Crippen LogP contribution in [-0.2, 0) is 13.0 Å². The molecule has 0 bridgehead atoms. The Morgan fingerprint density at radius 2 is 1.68 bits per heavy atom. The molecule has 1 saturated heterocycles. The number of aromatic amines is 1. The van der Waals surface area contributed by atoms with Gasteiger partial charge in [-0.3, -0.25) is 14.3 Å². The van der Waals surface area contributed by atoms with Gasteiger partial charge in [-0.25, -0.2) is 0 Å². The van der Waals surface area contributed by atoms with E-state index in [2.05, 4.69) is 10.1 Å². The molecule has 5 rings (SSSR count). The van der Waals surface area contributed by atoms with Gasteiger partial charge in [0.15, 0.2) is 0 Å². The van der Waals surface area contributed by atoms with E-state index >= 15 is 0 Å². The predicted molar refractivity (Wildman–Crippen MR) is 105 cm³/mol. The van der Waals surface area contributed by atoms with E-state index in [-0.39, 0.29) is 11.8 Å². The first-order valence-corrected chi connectivity index (χ1v) is 9.92. The third-order valence-electron chi connectivity index (χ3n) is 5.83. The third-order valence-corrected chi connectivity index (χ3v) is 5.83. The lowest BCUT2D eigenvalue weighted by Crippen LogP contribution is -2.50. The molecule has 0 atom stereocenters. The molecule has 0 unspecified atom stereocenters. The summed E-state index contributed by atoms with van der Waals surface area (Å²) < 4.78 is 1.96. The van der Waals surface area contributed by atoms with Crippen molar-refractivity contribution < 1.29 is 9.59 Å². The maximum atomic E-state index is 13.0. The molecule has 0 aliphatic carbocycles. The van der Waals surface area contributed by atoms with Gasteiger partial charge in [0.1, 0.15) is 5.69 Å². The molecule has 2 aliphatic heterocycles. The summed E-state index contributed by atoms with van der Waals surface area (Å²) in [5, 5.41) is 5.41. The quantitative estimate of drug-likeness (QED) is 0.745. The number of fused-ring (bicyclic) bond motifs is 2. The van der Waals surface area contributed by atoms with Crippen LogP contribution in [0.5, 0.6) is 0 Å². The molecule has 1 fully saturated rings. The number of hydrogen-bond donors (Lipinski definition) is 1. The molecular weight excluding hydrogens is 354 g/mol. The molecule has 3 aromatic rings. The Kier molecular flexibility index (Phi) is 4.15. The van der Waals surface area contributed by atoms with Crippen molar-refractivity contribution in [2.45, 2.75) is 25.8 Å². The SMILES string of the molecule is O=C(c1cc2ccccc2[nH]1)N1CCN(C(=O)c2cnn3c2CCCC3)CC1. The fourth-order valence-electron chi connectivity index (χ4n) is 4.24. The summed E-state index contributed by atoms with van der Waals surface area (Å²) in [6.45, 7) is 3.09. The number of benzene rings is 1. The van der Waals surface area contributed by atoms with Crippen LogP contribution >= 0.6 is 0 Å². The van der Waals surface area contributed by atoms with E-state index in [0.29, 0.717) is 31.9 Å². The maximum absolute atomic E-state index is 13.0. The lowest BCUT2D eigenvalue weighted by molar-refractivity contribution is 0.0532. The van der Waals surface area contributed by atoms with Crippen molar-refractivity contribution in [3.8, 4) is 0 Å². The van der Waals surface area contributed by atoms with Crippen LogP contribution in [-0.4, -0.2) is 62.6 Å². The van der Waals surface area contributed by atoms with Gasteiger partial charge in [-0.1, -0.05) is 18.2 Å². The molecule has 0 radical (unpaired) electrons. The number of carbonyl (C=O) groups excluding carboxylic acids is 2. The number of nitrogens with zero attached hydrogens (tertiary/aromatic N) is 4. The standard InChI is InChI=1S/C21H23N5O2/c27-20(16-14-22-26-8-4-3-7-19(16)26)24-9-11-25(12-10-24)21(28)18-13-15-5-1-2-6-17(15)23-18/h1-2,5-6,13-14,23H,3-4,7-12H2. The first kappa shape index (κ1) is 17.0. The Morgan fingerprint density at radius 3 is 2.46 bits per heavy atom. The zero-order chi connectivity index (χ0) is 19.1. The van der Waals surface area contributed by atoms with Crippen molar-refractivity contribution in [2.24, 2.45) is 0 Å². The fraction of sp³-hybridized carbons (Fsp3) is 0.381. The van der Waals surface area contributed by atoms with E-state index in [9.17, 15) is 9.59 Å². The van der Waals surface area contributed by atoms with Crippen LogP contribution in [0.1, 0.15) is 39.4 Å².